The Morgan fingerprint density at radius 1 is 1.89 bits per heavy atom. The van der Waals surface area contributed by atoms with Crippen molar-refractivity contribution >= 4 is 0 Å². The van der Waals surface area contributed by atoms with Gasteiger partial charge in [0.25, 0.3) is 0 Å². The van der Waals surface area contributed by atoms with E-state index in [1.165, 1.54) is 6.26 Å². The van der Waals surface area contributed by atoms with Crippen LogP contribution in [0.1, 0.15) is 13.3 Å². The minimum atomic E-state index is -0.493. The molecule has 0 bridgehead atoms. The fourth-order valence-corrected chi connectivity index (χ4v) is 0.628. The summed E-state index contributed by atoms with van der Waals surface area (Å²) < 4.78 is 9.63. The molecule has 1 unspecified atom stereocenters. The van der Waals surface area contributed by atoms with E-state index in [2.05, 4.69) is 0 Å². The molecule has 0 saturated carbocycles. The first kappa shape index (κ1) is 6.42. The monoisotopic (exact) mass is 130 g/mol. The molecule has 0 saturated heterocycles. The van der Waals surface area contributed by atoms with Gasteiger partial charge in [-0.15, -0.1) is 0 Å². The number of hydrogen-bond acceptors (Lipinski definition) is 3. The minimum absolute atomic E-state index is 0.242. The van der Waals surface area contributed by atoms with Crippen LogP contribution >= 0.6 is 0 Å². The first-order valence-electron chi connectivity index (χ1n) is 2.97. The summed E-state index contributed by atoms with van der Waals surface area (Å²) in [6.45, 7) is 2.12. The van der Waals surface area contributed by atoms with Gasteiger partial charge in [-0.1, -0.05) is 6.92 Å². The van der Waals surface area contributed by atoms with Gasteiger partial charge in [0, 0.05) is 0 Å². The third kappa shape index (κ3) is 1.36. The first-order chi connectivity index (χ1) is 4.34. The maximum Gasteiger partial charge on any atom is 0.230 e. The zero-order valence-electron chi connectivity index (χ0n) is 5.33. The lowest BCUT2D eigenvalue weighted by molar-refractivity contribution is 0.0493. The number of aliphatic hydroxyl groups is 1. The van der Waals surface area contributed by atoms with E-state index in [0.717, 1.165) is 0 Å². The van der Waals surface area contributed by atoms with Crippen LogP contribution < -0.4 is 0 Å². The molecule has 9 heavy (non-hydrogen) atoms. The molecule has 0 spiro atoms. The Labute approximate surface area is 53.9 Å². The summed E-state index contributed by atoms with van der Waals surface area (Å²) in [7, 11) is 0. The molecule has 3 nitrogen and oxygen atoms in total. The largest absolute Gasteiger partial charge is 0.462 e. The SMILES string of the molecule is CCC(O)C1=COCO1. The van der Waals surface area contributed by atoms with Crippen molar-refractivity contribution in [3.63, 3.8) is 0 Å². The van der Waals surface area contributed by atoms with Crippen molar-refractivity contribution in [2.75, 3.05) is 6.79 Å². The smallest absolute Gasteiger partial charge is 0.230 e. The lowest BCUT2D eigenvalue weighted by atomic mass is 10.2. The van der Waals surface area contributed by atoms with Crippen LogP contribution in [0.15, 0.2) is 12.0 Å². The summed E-state index contributed by atoms with van der Waals surface area (Å²) in [4.78, 5) is 0. The molecule has 1 aliphatic rings. The van der Waals surface area contributed by atoms with Crippen LogP contribution in [0.5, 0.6) is 0 Å². The van der Waals surface area contributed by atoms with Gasteiger partial charge >= 0.3 is 0 Å². The van der Waals surface area contributed by atoms with Crippen molar-refractivity contribution < 1.29 is 14.6 Å². The van der Waals surface area contributed by atoms with E-state index in [1.807, 2.05) is 6.92 Å². The van der Waals surface area contributed by atoms with E-state index in [-0.39, 0.29) is 6.79 Å². The molecule has 1 heterocycles. The van der Waals surface area contributed by atoms with Gasteiger partial charge in [-0.25, -0.2) is 0 Å². The topological polar surface area (TPSA) is 38.7 Å². The third-order valence-corrected chi connectivity index (χ3v) is 1.21. The molecule has 0 fully saturated rings. The highest BCUT2D eigenvalue weighted by atomic mass is 16.7. The maximum absolute atomic E-state index is 9.08. The van der Waals surface area contributed by atoms with E-state index >= 15 is 0 Å². The van der Waals surface area contributed by atoms with Crippen molar-refractivity contribution in [3.8, 4) is 0 Å². The van der Waals surface area contributed by atoms with E-state index < -0.39 is 6.10 Å². The van der Waals surface area contributed by atoms with Gasteiger partial charge in [0.2, 0.25) is 6.79 Å². The summed E-state index contributed by atoms with van der Waals surface area (Å²) >= 11 is 0. The molecule has 52 valence electrons. The standard InChI is InChI=1S/C6H10O3/c1-2-5(7)6-3-8-4-9-6/h3,5,7H,2,4H2,1H3. The van der Waals surface area contributed by atoms with Crippen LogP contribution in [0.4, 0.5) is 0 Å². The van der Waals surface area contributed by atoms with Gasteiger partial charge in [-0.2, -0.15) is 0 Å². The summed E-state index contributed by atoms with van der Waals surface area (Å²) in [5.41, 5.74) is 0. The van der Waals surface area contributed by atoms with Gasteiger partial charge in [0.1, 0.15) is 12.4 Å². The van der Waals surface area contributed by atoms with E-state index in [4.69, 9.17) is 14.6 Å². The number of ether oxygens (including phenoxy) is 2. The van der Waals surface area contributed by atoms with Crippen LogP contribution in [0.3, 0.4) is 0 Å². The molecule has 3 heteroatoms. The van der Waals surface area contributed by atoms with Crippen LogP contribution in [0.25, 0.3) is 0 Å². The van der Waals surface area contributed by atoms with E-state index in [1.54, 1.807) is 0 Å². The Bertz CT molecular complexity index is 119. The second-order valence-electron chi connectivity index (χ2n) is 1.87. The summed E-state index contributed by atoms with van der Waals surface area (Å²) in [5.74, 6) is 0.539. The molecule has 1 atom stereocenters. The van der Waals surface area contributed by atoms with Crippen molar-refractivity contribution in [1.29, 1.82) is 0 Å². The summed E-state index contributed by atoms with van der Waals surface area (Å²) in [5, 5.41) is 9.08. The van der Waals surface area contributed by atoms with Gasteiger partial charge in [-0.05, 0) is 6.42 Å². The molecule has 0 aromatic rings. The van der Waals surface area contributed by atoms with Crippen LogP contribution in [0.2, 0.25) is 0 Å². The van der Waals surface area contributed by atoms with Crippen molar-refractivity contribution in [1.82, 2.24) is 0 Å². The van der Waals surface area contributed by atoms with Gasteiger partial charge < -0.3 is 14.6 Å². The predicted molar refractivity (Wildman–Crippen MR) is 31.4 cm³/mol. The van der Waals surface area contributed by atoms with Gasteiger partial charge in [-0.3, -0.25) is 0 Å². The molecule has 0 aromatic carbocycles. The Kier molecular flexibility index (Phi) is 1.95. The Morgan fingerprint density at radius 2 is 2.67 bits per heavy atom. The van der Waals surface area contributed by atoms with E-state index in [0.29, 0.717) is 12.2 Å². The Morgan fingerprint density at radius 3 is 3.11 bits per heavy atom. The quantitative estimate of drug-likeness (QED) is 0.595. The summed E-state index contributed by atoms with van der Waals surface area (Å²) in [6, 6.07) is 0. The molecule has 1 rings (SSSR count). The van der Waals surface area contributed by atoms with Crippen LogP contribution in [-0.4, -0.2) is 18.0 Å². The van der Waals surface area contributed by atoms with Crippen molar-refractivity contribution in [2.24, 2.45) is 0 Å². The number of rotatable bonds is 2. The lowest BCUT2D eigenvalue weighted by Crippen LogP contribution is -2.08. The molecule has 0 amide bonds. The zero-order valence-corrected chi connectivity index (χ0v) is 5.33. The first-order valence-corrected chi connectivity index (χ1v) is 2.97. The van der Waals surface area contributed by atoms with Crippen molar-refractivity contribution in [2.45, 2.75) is 19.4 Å². The Hall–Kier alpha value is -0.700. The summed E-state index contributed by atoms with van der Waals surface area (Å²) in [6.07, 6.45) is 1.62. The molecule has 0 aromatic heterocycles. The van der Waals surface area contributed by atoms with Crippen LogP contribution in [-0.2, 0) is 9.47 Å². The number of hydrogen-bond donors (Lipinski definition) is 1. The minimum Gasteiger partial charge on any atom is -0.462 e. The van der Waals surface area contributed by atoms with Crippen molar-refractivity contribution in [3.05, 3.63) is 12.0 Å². The molecule has 0 aliphatic carbocycles. The Balaban J connectivity index is 2.40. The molecule has 0 radical (unpaired) electrons. The lowest BCUT2D eigenvalue weighted by Gasteiger charge is -2.05. The third-order valence-electron chi connectivity index (χ3n) is 1.21. The highest BCUT2D eigenvalue weighted by molar-refractivity contribution is 4.96. The maximum atomic E-state index is 9.08. The molecule has 1 aliphatic heterocycles. The average Bonchev–Trinajstić information content (AvgIpc) is 2.37. The molecular weight excluding hydrogens is 120 g/mol. The number of aliphatic hydroxyl groups excluding tert-OH is 1. The van der Waals surface area contributed by atoms with Gasteiger partial charge in [0.15, 0.2) is 5.76 Å². The highest BCUT2D eigenvalue weighted by Gasteiger charge is 2.13. The molecular formula is C6H10O3. The second-order valence-corrected chi connectivity index (χ2v) is 1.87. The van der Waals surface area contributed by atoms with E-state index in [9.17, 15) is 0 Å². The fourth-order valence-electron chi connectivity index (χ4n) is 0.628. The highest BCUT2D eigenvalue weighted by Crippen LogP contribution is 2.12. The zero-order chi connectivity index (χ0) is 6.69. The van der Waals surface area contributed by atoms with Gasteiger partial charge in [0.05, 0.1) is 0 Å². The predicted octanol–water partition coefficient (Wildman–Crippen LogP) is 0.603. The average molecular weight is 130 g/mol. The van der Waals surface area contributed by atoms with Crippen LogP contribution in [0, 0.1) is 0 Å². The normalized spacial score (nSPS) is 20.0. The molecule has 1 N–H and O–H groups in total. The fraction of sp³-hybridized carbons (Fsp3) is 0.667. The second kappa shape index (κ2) is 2.73.